The van der Waals surface area contributed by atoms with Crippen LogP contribution < -0.4 is 4.90 Å². The van der Waals surface area contributed by atoms with Gasteiger partial charge in [-0.2, -0.15) is 0 Å². The maximum absolute atomic E-state index is 6.20. The smallest absolute Gasteiger partial charge is 0.138 e. The lowest BCUT2D eigenvalue weighted by atomic mass is 10.0. The largest absolute Gasteiger partial charge is 0.381 e. The van der Waals surface area contributed by atoms with E-state index in [1.807, 2.05) is 0 Å². The van der Waals surface area contributed by atoms with Crippen LogP contribution in [0.15, 0.2) is 6.33 Å². The number of rotatable bonds is 3. The summed E-state index contributed by atoms with van der Waals surface area (Å²) < 4.78 is 5.40. The summed E-state index contributed by atoms with van der Waals surface area (Å²) in [4.78, 5) is 10.7. The van der Waals surface area contributed by atoms with Crippen LogP contribution in [0.5, 0.6) is 0 Å². The third kappa shape index (κ3) is 2.75. The Morgan fingerprint density at radius 3 is 2.61 bits per heavy atom. The average molecular weight is 270 g/mol. The molecule has 0 aromatic carbocycles. The highest BCUT2D eigenvalue weighted by Gasteiger charge is 2.24. The molecule has 0 saturated carbocycles. The summed E-state index contributed by atoms with van der Waals surface area (Å²) in [5.41, 5.74) is 1.04. The molecule has 18 heavy (non-hydrogen) atoms. The Balaban J connectivity index is 2.28. The molecule has 0 aliphatic carbocycles. The number of nitrogens with zero attached hydrogens (tertiary/aromatic N) is 3. The van der Waals surface area contributed by atoms with Crippen LogP contribution in [-0.4, -0.2) is 36.3 Å². The van der Waals surface area contributed by atoms with Crippen LogP contribution in [0, 0.1) is 0 Å². The second kappa shape index (κ2) is 5.85. The zero-order valence-corrected chi connectivity index (χ0v) is 11.9. The molecule has 1 saturated heterocycles. The Kier molecular flexibility index (Phi) is 4.40. The minimum atomic E-state index is 0.316. The van der Waals surface area contributed by atoms with Crippen molar-refractivity contribution in [2.75, 3.05) is 25.2 Å². The van der Waals surface area contributed by atoms with Gasteiger partial charge in [0.2, 0.25) is 0 Å². The van der Waals surface area contributed by atoms with Gasteiger partial charge >= 0.3 is 0 Å². The van der Waals surface area contributed by atoms with Gasteiger partial charge in [0.1, 0.15) is 17.3 Å². The molecule has 0 amide bonds. The second-order valence-corrected chi connectivity index (χ2v) is 5.37. The Hall–Kier alpha value is -0.870. The van der Waals surface area contributed by atoms with Gasteiger partial charge in [0.25, 0.3) is 0 Å². The van der Waals surface area contributed by atoms with Crippen molar-refractivity contribution < 1.29 is 4.74 Å². The van der Waals surface area contributed by atoms with Crippen molar-refractivity contribution in [3.05, 3.63) is 17.0 Å². The summed E-state index contributed by atoms with van der Waals surface area (Å²) in [5.74, 6) is 1.27. The third-order valence-corrected chi connectivity index (χ3v) is 3.77. The Morgan fingerprint density at radius 1 is 1.33 bits per heavy atom. The minimum Gasteiger partial charge on any atom is -0.381 e. The molecule has 1 aliphatic heterocycles. The highest BCUT2D eigenvalue weighted by Crippen LogP contribution is 2.32. The van der Waals surface area contributed by atoms with Crippen LogP contribution in [-0.2, 0) is 4.74 Å². The number of hydrogen-bond acceptors (Lipinski definition) is 4. The van der Waals surface area contributed by atoms with Gasteiger partial charge in [-0.25, -0.2) is 9.97 Å². The molecule has 0 spiro atoms. The van der Waals surface area contributed by atoms with Crippen LogP contribution in [0.1, 0.15) is 38.2 Å². The van der Waals surface area contributed by atoms with E-state index in [9.17, 15) is 0 Å². The van der Waals surface area contributed by atoms with Crippen LogP contribution in [0.2, 0.25) is 5.15 Å². The normalized spacial score (nSPS) is 17.2. The van der Waals surface area contributed by atoms with Crippen molar-refractivity contribution in [1.82, 2.24) is 9.97 Å². The van der Waals surface area contributed by atoms with E-state index in [0.717, 1.165) is 37.4 Å². The maximum Gasteiger partial charge on any atom is 0.138 e. The molecule has 0 N–H and O–H groups in total. The molecule has 1 aromatic rings. The van der Waals surface area contributed by atoms with Crippen LogP contribution in [0.3, 0.4) is 0 Å². The predicted octanol–water partition coefficient (Wildman–Crippen LogP) is 2.87. The second-order valence-electron chi connectivity index (χ2n) is 5.01. The SMILES string of the molecule is CC(C)c1c(Cl)ncnc1N(C)C1CCOCC1. The van der Waals surface area contributed by atoms with E-state index in [-0.39, 0.29) is 0 Å². The standard InChI is InChI=1S/C13H20ClN3O/c1-9(2)11-12(14)15-8-16-13(11)17(3)10-4-6-18-7-5-10/h8-10H,4-7H2,1-3H3. The quantitative estimate of drug-likeness (QED) is 0.791. The van der Waals surface area contributed by atoms with E-state index in [1.54, 1.807) is 6.33 Å². The van der Waals surface area contributed by atoms with Gasteiger partial charge in [0.15, 0.2) is 0 Å². The first-order valence-corrected chi connectivity index (χ1v) is 6.80. The van der Waals surface area contributed by atoms with Gasteiger partial charge in [0, 0.05) is 31.9 Å². The molecular formula is C13H20ClN3O. The number of aromatic nitrogens is 2. The maximum atomic E-state index is 6.20. The van der Waals surface area contributed by atoms with E-state index >= 15 is 0 Å². The molecule has 100 valence electrons. The molecule has 2 rings (SSSR count). The number of halogens is 1. The molecule has 1 aromatic heterocycles. The van der Waals surface area contributed by atoms with Gasteiger partial charge in [-0.15, -0.1) is 0 Å². The molecular weight excluding hydrogens is 250 g/mol. The zero-order valence-electron chi connectivity index (χ0n) is 11.2. The van der Waals surface area contributed by atoms with E-state index in [0.29, 0.717) is 17.1 Å². The minimum absolute atomic E-state index is 0.316. The Morgan fingerprint density at radius 2 is 2.00 bits per heavy atom. The van der Waals surface area contributed by atoms with Gasteiger partial charge < -0.3 is 9.64 Å². The molecule has 5 heteroatoms. The lowest BCUT2D eigenvalue weighted by molar-refractivity contribution is 0.0853. The highest BCUT2D eigenvalue weighted by molar-refractivity contribution is 6.30. The summed E-state index contributed by atoms with van der Waals surface area (Å²) in [7, 11) is 2.08. The number of anilines is 1. The molecule has 2 heterocycles. The van der Waals surface area contributed by atoms with Crippen molar-refractivity contribution in [2.24, 2.45) is 0 Å². The van der Waals surface area contributed by atoms with Crippen molar-refractivity contribution in [3.63, 3.8) is 0 Å². The summed E-state index contributed by atoms with van der Waals surface area (Å²) in [5, 5.41) is 0.564. The van der Waals surface area contributed by atoms with E-state index < -0.39 is 0 Å². The van der Waals surface area contributed by atoms with Crippen molar-refractivity contribution in [1.29, 1.82) is 0 Å². The summed E-state index contributed by atoms with van der Waals surface area (Å²) in [6.07, 6.45) is 3.62. The summed E-state index contributed by atoms with van der Waals surface area (Å²) in [6.45, 7) is 5.88. The fourth-order valence-electron chi connectivity index (χ4n) is 2.39. The lowest BCUT2D eigenvalue weighted by Crippen LogP contribution is -2.37. The predicted molar refractivity (Wildman–Crippen MR) is 73.4 cm³/mol. The van der Waals surface area contributed by atoms with Crippen molar-refractivity contribution in [3.8, 4) is 0 Å². The molecule has 0 radical (unpaired) electrons. The van der Waals surface area contributed by atoms with Crippen LogP contribution >= 0.6 is 11.6 Å². The number of ether oxygens (including phenoxy) is 1. The third-order valence-electron chi connectivity index (χ3n) is 3.46. The first-order valence-electron chi connectivity index (χ1n) is 6.42. The topological polar surface area (TPSA) is 38.2 Å². The van der Waals surface area contributed by atoms with Gasteiger partial charge in [-0.1, -0.05) is 25.4 Å². The molecule has 1 aliphatic rings. The fraction of sp³-hybridized carbons (Fsp3) is 0.692. The number of hydrogen-bond donors (Lipinski definition) is 0. The Bertz CT molecular complexity index is 405. The summed E-state index contributed by atoms with van der Waals surface area (Å²) >= 11 is 6.20. The first-order chi connectivity index (χ1) is 8.61. The average Bonchev–Trinajstić information content (AvgIpc) is 2.38. The highest BCUT2D eigenvalue weighted by atomic mass is 35.5. The molecule has 1 fully saturated rings. The fourth-order valence-corrected chi connectivity index (χ4v) is 2.73. The van der Waals surface area contributed by atoms with E-state index in [4.69, 9.17) is 16.3 Å². The van der Waals surface area contributed by atoms with Gasteiger partial charge in [-0.3, -0.25) is 0 Å². The lowest BCUT2D eigenvalue weighted by Gasteiger charge is -2.33. The van der Waals surface area contributed by atoms with Crippen molar-refractivity contribution in [2.45, 2.75) is 38.6 Å². The van der Waals surface area contributed by atoms with Crippen LogP contribution in [0.25, 0.3) is 0 Å². The van der Waals surface area contributed by atoms with Gasteiger partial charge in [0.05, 0.1) is 0 Å². The summed E-state index contributed by atoms with van der Waals surface area (Å²) in [6, 6.07) is 0.474. The molecule has 0 unspecified atom stereocenters. The Labute approximate surface area is 113 Å². The van der Waals surface area contributed by atoms with E-state index in [2.05, 4.69) is 35.8 Å². The van der Waals surface area contributed by atoms with E-state index in [1.165, 1.54) is 0 Å². The first kappa shape index (κ1) is 13.6. The van der Waals surface area contributed by atoms with Crippen LogP contribution in [0.4, 0.5) is 5.82 Å². The molecule has 4 nitrogen and oxygen atoms in total. The molecule has 0 bridgehead atoms. The molecule has 0 atom stereocenters. The monoisotopic (exact) mass is 269 g/mol. The van der Waals surface area contributed by atoms with Crippen molar-refractivity contribution >= 4 is 17.4 Å². The van der Waals surface area contributed by atoms with Gasteiger partial charge in [-0.05, 0) is 18.8 Å². The zero-order chi connectivity index (χ0) is 13.1.